The van der Waals surface area contributed by atoms with Gasteiger partial charge in [0.05, 0.1) is 6.54 Å². The Labute approximate surface area is 170 Å². The van der Waals surface area contributed by atoms with Crippen molar-refractivity contribution in [2.75, 3.05) is 5.32 Å². The maximum absolute atomic E-state index is 14.2. The van der Waals surface area contributed by atoms with Crippen LogP contribution in [0.2, 0.25) is 0 Å². The number of rotatable bonds is 5. The summed E-state index contributed by atoms with van der Waals surface area (Å²) in [6.07, 6.45) is 0.478. The molecule has 0 saturated carbocycles. The van der Waals surface area contributed by atoms with Crippen molar-refractivity contribution in [3.05, 3.63) is 65.2 Å². The van der Waals surface area contributed by atoms with Crippen molar-refractivity contribution in [1.82, 2.24) is 25.1 Å². The Bertz CT molecular complexity index is 1130. The second kappa shape index (κ2) is 7.82. The molecule has 3 aromatic rings. The number of nitrogens with one attached hydrogen (secondary N) is 1. The number of carbonyl (C=O) groups excluding carboxylic acids is 3. The number of aryl methyl sites for hydroxylation is 1. The molecule has 0 atom stereocenters. The summed E-state index contributed by atoms with van der Waals surface area (Å²) in [7, 11) is 0. The number of amides is 3. The van der Waals surface area contributed by atoms with Crippen LogP contribution in [0.4, 0.5) is 10.1 Å². The lowest BCUT2D eigenvalue weighted by atomic mass is 10.1. The Hall–Kier alpha value is -3.95. The van der Waals surface area contributed by atoms with E-state index in [-0.39, 0.29) is 42.8 Å². The zero-order valence-electron chi connectivity index (χ0n) is 16.0. The van der Waals surface area contributed by atoms with Crippen molar-refractivity contribution in [2.45, 2.75) is 26.3 Å². The molecular formula is C20H17FN6O3. The molecule has 1 aliphatic heterocycles. The summed E-state index contributed by atoms with van der Waals surface area (Å²) in [6.45, 7) is 1.82. The molecule has 152 valence electrons. The van der Waals surface area contributed by atoms with Gasteiger partial charge < -0.3 is 5.32 Å². The molecule has 1 aliphatic rings. The maximum Gasteiger partial charge on any atom is 0.255 e. The minimum absolute atomic E-state index is 0.116. The van der Waals surface area contributed by atoms with Gasteiger partial charge in [-0.05, 0) is 53.2 Å². The summed E-state index contributed by atoms with van der Waals surface area (Å²) in [4.78, 5) is 37.2. The van der Waals surface area contributed by atoms with Crippen LogP contribution in [0.3, 0.4) is 0 Å². The van der Waals surface area contributed by atoms with E-state index in [1.807, 2.05) is 0 Å². The van der Waals surface area contributed by atoms with Gasteiger partial charge in [0.1, 0.15) is 11.5 Å². The number of imide groups is 1. The summed E-state index contributed by atoms with van der Waals surface area (Å²) >= 11 is 0. The number of tetrazole rings is 1. The van der Waals surface area contributed by atoms with Gasteiger partial charge in [-0.2, -0.15) is 4.68 Å². The molecule has 0 bridgehead atoms. The van der Waals surface area contributed by atoms with E-state index in [9.17, 15) is 18.8 Å². The van der Waals surface area contributed by atoms with E-state index < -0.39 is 5.82 Å². The Kier molecular flexibility index (Phi) is 5.05. The van der Waals surface area contributed by atoms with Crippen LogP contribution in [0.5, 0.6) is 0 Å². The van der Waals surface area contributed by atoms with Crippen LogP contribution in [-0.4, -0.2) is 42.8 Å². The minimum atomic E-state index is -0.529. The third-order valence-electron chi connectivity index (χ3n) is 4.77. The predicted molar refractivity (Wildman–Crippen MR) is 103 cm³/mol. The van der Waals surface area contributed by atoms with Crippen LogP contribution in [-0.2, 0) is 16.1 Å². The van der Waals surface area contributed by atoms with Gasteiger partial charge in [-0.3, -0.25) is 19.3 Å². The van der Waals surface area contributed by atoms with Crippen LogP contribution < -0.4 is 5.32 Å². The topological polar surface area (TPSA) is 110 Å². The highest BCUT2D eigenvalue weighted by molar-refractivity contribution is 6.04. The first-order valence-corrected chi connectivity index (χ1v) is 9.21. The largest absolute Gasteiger partial charge is 0.322 e. The zero-order chi connectivity index (χ0) is 21.3. The van der Waals surface area contributed by atoms with Crippen molar-refractivity contribution in [2.24, 2.45) is 0 Å². The van der Waals surface area contributed by atoms with Crippen molar-refractivity contribution >= 4 is 23.4 Å². The molecule has 3 amide bonds. The van der Waals surface area contributed by atoms with E-state index >= 15 is 0 Å². The van der Waals surface area contributed by atoms with E-state index in [1.165, 1.54) is 27.8 Å². The number of aromatic nitrogens is 4. The van der Waals surface area contributed by atoms with Crippen molar-refractivity contribution < 1.29 is 18.8 Å². The van der Waals surface area contributed by atoms with Gasteiger partial charge in [-0.15, -0.1) is 5.10 Å². The lowest BCUT2D eigenvalue weighted by molar-refractivity contribution is -0.139. The smallest absolute Gasteiger partial charge is 0.255 e. The van der Waals surface area contributed by atoms with Crippen LogP contribution in [0.15, 0.2) is 42.5 Å². The van der Waals surface area contributed by atoms with Gasteiger partial charge in [0.25, 0.3) is 5.91 Å². The fourth-order valence-corrected chi connectivity index (χ4v) is 3.15. The van der Waals surface area contributed by atoms with E-state index in [0.29, 0.717) is 17.1 Å². The fourth-order valence-electron chi connectivity index (χ4n) is 3.15. The summed E-state index contributed by atoms with van der Waals surface area (Å²) in [5.41, 5.74) is 1.62. The number of nitrogens with zero attached hydrogens (tertiary/aromatic N) is 5. The number of benzene rings is 2. The first kappa shape index (κ1) is 19.4. The molecule has 1 fully saturated rings. The molecule has 0 spiro atoms. The van der Waals surface area contributed by atoms with Crippen molar-refractivity contribution in [3.63, 3.8) is 0 Å². The van der Waals surface area contributed by atoms with Crippen LogP contribution in [0.25, 0.3) is 5.69 Å². The van der Waals surface area contributed by atoms with Gasteiger partial charge in [0.15, 0.2) is 5.82 Å². The van der Waals surface area contributed by atoms with Gasteiger partial charge in [-0.25, -0.2) is 4.39 Å². The number of likely N-dealkylation sites (tertiary alicyclic amines) is 1. The Balaban J connectivity index is 1.47. The lowest BCUT2D eigenvalue weighted by Gasteiger charge is -2.14. The standard InChI is InChI=1S/C20H17FN6O3/c1-12-23-24-25-27(12)17-10-15(6-7-16(17)21)22-20(30)14-4-2-13(3-5-14)11-26-18(28)8-9-19(26)29/h2-7,10H,8-9,11H2,1H3,(H,22,30). The number of hydrogen-bond donors (Lipinski definition) is 1. The summed E-state index contributed by atoms with van der Waals surface area (Å²) in [5, 5.41) is 13.7. The van der Waals surface area contributed by atoms with Gasteiger partial charge in [-0.1, -0.05) is 12.1 Å². The van der Waals surface area contributed by atoms with E-state index in [1.54, 1.807) is 31.2 Å². The van der Waals surface area contributed by atoms with Gasteiger partial charge >= 0.3 is 0 Å². The monoisotopic (exact) mass is 408 g/mol. The van der Waals surface area contributed by atoms with Crippen molar-refractivity contribution in [3.8, 4) is 5.69 Å². The quantitative estimate of drug-likeness (QED) is 0.647. The molecule has 0 aliphatic carbocycles. The molecule has 1 aromatic heterocycles. The molecule has 0 radical (unpaired) electrons. The number of anilines is 1. The number of carbonyl (C=O) groups is 3. The van der Waals surface area contributed by atoms with Crippen LogP contribution in [0.1, 0.15) is 34.6 Å². The summed E-state index contributed by atoms with van der Waals surface area (Å²) in [6, 6.07) is 10.7. The predicted octanol–water partition coefficient (Wildman–Crippen LogP) is 2.01. The fraction of sp³-hybridized carbons (Fsp3) is 0.200. The van der Waals surface area contributed by atoms with Crippen LogP contribution in [0, 0.1) is 12.7 Å². The highest BCUT2D eigenvalue weighted by Gasteiger charge is 2.28. The van der Waals surface area contributed by atoms with Crippen LogP contribution >= 0.6 is 0 Å². The average molecular weight is 408 g/mol. The molecule has 4 rings (SSSR count). The Morgan fingerprint density at radius 1 is 1.10 bits per heavy atom. The molecule has 10 heteroatoms. The minimum Gasteiger partial charge on any atom is -0.322 e. The summed E-state index contributed by atoms with van der Waals surface area (Å²) in [5.74, 6) is -0.888. The molecule has 2 aromatic carbocycles. The zero-order valence-corrected chi connectivity index (χ0v) is 16.0. The van der Waals surface area contributed by atoms with E-state index in [0.717, 1.165) is 5.56 Å². The van der Waals surface area contributed by atoms with E-state index in [4.69, 9.17) is 0 Å². The second-order valence-electron chi connectivity index (χ2n) is 6.83. The third kappa shape index (κ3) is 3.79. The molecular weight excluding hydrogens is 391 g/mol. The highest BCUT2D eigenvalue weighted by Crippen LogP contribution is 2.20. The van der Waals surface area contributed by atoms with Crippen molar-refractivity contribution in [1.29, 1.82) is 0 Å². The molecule has 2 heterocycles. The Morgan fingerprint density at radius 3 is 2.43 bits per heavy atom. The molecule has 30 heavy (non-hydrogen) atoms. The first-order valence-electron chi connectivity index (χ1n) is 9.21. The lowest BCUT2D eigenvalue weighted by Crippen LogP contribution is -2.28. The molecule has 0 unspecified atom stereocenters. The number of halogens is 1. The molecule has 9 nitrogen and oxygen atoms in total. The normalized spacial score (nSPS) is 13.7. The van der Waals surface area contributed by atoms with E-state index in [2.05, 4.69) is 20.8 Å². The highest BCUT2D eigenvalue weighted by atomic mass is 19.1. The first-order chi connectivity index (χ1) is 14.4. The van der Waals surface area contributed by atoms with Gasteiger partial charge in [0.2, 0.25) is 11.8 Å². The Morgan fingerprint density at radius 2 is 1.80 bits per heavy atom. The van der Waals surface area contributed by atoms with Gasteiger partial charge in [0, 0.05) is 24.1 Å². The molecule has 1 N–H and O–H groups in total. The average Bonchev–Trinajstić information content (AvgIpc) is 3.30. The molecule has 1 saturated heterocycles. The SMILES string of the molecule is Cc1nnnn1-c1cc(NC(=O)c2ccc(CN3C(=O)CCC3=O)cc2)ccc1F. The summed E-state index contributed by atoms with van der Waals surface area (Å²) < 4.78 is 15.4. The second-order valence-corrected chi connectivity index (χ2v) is 6.83. The maximum atomic E-state index is 14.2. The number of hydrogen-bond acceptors (Lipinski definition) is 6. The third-order valence-corrected chi connectivity index (χ3v) is 4.77.